The van der Waals surface area contributed by atoms with Crippen LogP contribution in [0.1, 0.15) is 76.7 Å². The van der Waals surface area contributed by atoms with Gasteiger partial charge >= 0.3 is 0 Å². The number of amides is 3. The molecule has 0 radical (unpaired) electrons. The Hall–Kier alpha value is -3.37. The fourth-order valence-electron chi connectivity index (χ4n) is 6.08. The summed E-state index contributed by atoms with van der Waals surface area (Å²) in [7, 11) is 5.59. The summed E-state index contributed by atoms with van der Waals surface area (Å²) in [6, 6.07) is 7.63. The van der Waals surface area contributed by atoms with E-state index in [9.17, 15) is 24.6 Å². The predicted molar refractivity (Wildman–Crippen MR) is 182 cm³/mol. The molecule has 1 aromatic rings. The number of aliphatic hydroxyl groups is 2. The molecule has 9 heteroatoms. The minimum Gasteiger partial charge on any atom is -0.390 e. The molecule has 1 saturated carbocycles. The Morgan fingerprint density at radius 1 is 0.978 bits per heavy atom. The molecule has 1 aliphatic carbocycles. The molecule has 0 bridgehead atoms. The fraction of sp³-hybridized carbons (Fsp3) is 0.649. The van der Waals surface area contributed by atoms with Crippen molar-refractivity contribution in [3.63, 3.8) is 0 Å². The molecule has 6 atom stereocenters. The largest absolute Gasteiger partial charge is 0.390 e. The maximum absolute atomic E-state index is 14.0. The van der Waals surface area contributed by atoms with E-state index in [1.165, 1.54) is 0 Å². The zero-order valence-electron chi connectivity index (χ0n) is 28.3. The average Bonchev–Trinajstić information content (AvgIpc) is 3.05. The summed E-state index contributed by atoms with van der Waals surface area (Å²) in [6.07, 6.45) is 15.9. The minimum absolute atomic E-state index is 0.0315. The van der Waals surface area contributed by atoms with Gasteiger partial charge in [0.1, 0.15) is 12.1 Å². The highest BCUT2D eigenvalue weighted by Gasteiger charge is 2.36. The van der Waals surface area contributed by atoms with Crippen LogP contribution in [0, 0.1) is 42.4 Å². The van der Waals surface area contributed by atoms with Crippen LogP contribution in [0.3, 0.4) is 0 Å². The monoisotopic (exact) mass is 636 g/mol. The standard InChI is InChI=1S/C37H56N4O5/c1-7-10-21-32(42)35(44)31(25-28-19-15-12-16-20-28)38-37(46)34(29(8-2)9-3)39-36(45)30(24-27-17-13-11-14-18-27)26-33(43)41(6)23-22-40(4)5/h1-2,11,13-14,17-18,28-32,34-35,42,44H,9-10,12,15-16,19-26H2,3-6H3,(H,38,46)(H,39,45). The Morgan fingerprint density at radius 3 is 2.24 bits per heavy atom. The first-order valence-electron chi connectivity index (χ1n) is 16.8. The van der Waals surface area contributed by atoms with Gasteiger partial charge in [-0.15, -0.1) is 24.7 Å². The lowest BCUT2D eigenvalue weighted by Gasteiger charge is -2.34. The quantitative estimate of drug-likeness (QED) is 0.173. The van der Waals surface area contributed by atoms with Gasteiger partial charge in [-0.1, -0.05) is 69.4 Å². The second-order valence-corrected chi connectivity index (χ2v) is 13.0. The lowest BCUT2D eigenvalue weighted by molar-refractivity contribution is -0.137. The molecule has 1 fully saturated rings. The van der Waals surface area contributed by atoms with Gasteiger partial charge in [0.05, 0.1) is 18.1 Å². The smallest absolute Gasteiger partial charge is 0.244 e. The first-order chi connectivity index (χ1) is 22.0. The zero-order chi connectivity index (χ0) is 34.1. The molecule has 6 unspecified atom stereocenters. The topological polar surface area (TPSA) is 122 Å². The molecule has 1 aromatic carbocycles. The number of nitrogens with one attached hydrogen (secondary N) is 2. The second-order valence-electron chi connectivity index (χ2n) is 13.0. The van der Waals surface area contributed by atoms with Gasteiger partial charge in [0.2, 0.25) is 17.7 Å². The molecule has 9 nitrogen and oxygen atoms in total. The predicted octanol–water partition coefficient (Wildman–Crippen LogP) is 2.99. The van der Waals surface area contributed by atoms with Crippen molar-refractivity contribution >= 4 is 17.7 Å². The average molecular weight is 637 g/mol. The van der Waals surface area contributed by atoms with Crippen LogP contribution in [0.25, 0.3) is 0 Å². The molecule has 0 spiro atoms. The first kappa shape index (κ1) is 38.8. The SMILES string of the molecule is C#CCCC(O)C(O)C(CC1CCCCC1)NC(=O)C(NC(=O)C(CC(=O)N(C)CCN(C)C)Cc1ccccc1)C(C#C)CC. The Kier molecular flexibility index (Phi) is 17.5. The Labute approximate surface area is 276 Å². The van der Waals surface area contributed by atoms with Crippen LogP contribution in [0.5, 0.6) is 0 Å². The van der Waals surface area contributed by atoms with Crippen LogP contribution < -0.4 is 10.6 Å². The van der Waals surface area contributed by atoms with Crippen LogP contribution in [-0.4, -0.2) is 96.3 Å². The lowest BCUT2D eigenvalue weighted by Crippen LogP contribution is -2.57. The Bertz CT molecular complexity index is 1150. The van der Waals surface area contributed by atoms with Gasteiger partial charge in [-0.2, -0.15) is 0 Å². The molecule has 1 aliphatic rings. The van der Waals surface area contributed by atoms with Crippen LogP contribution in [0.2, 0.25) is 0 Å². The maximum atomic E-state index is 14.0. The molecule has 0 heterocycles. The molecule has 0 saturated heterocycles. The van der Waals surface area contributed by atoms with Crippen molar-refractivity contribution in [3.8, 4) is 24.7 Å². The van der Waals surface area contributed by atoms with Crippen LogP contribution in [0.4, 0.5) is 0 Å². The number of rotatable bonds is 19. The van der Waals surface area contributed by atoms with E-state index in [2.05, 4.69) is 22.5 Å². The van der Waals surface area contributed by atoms with Gasteiger partial charge in [0, 0.05) is 38.9 Å². The highest BCUT2D eigenvalue weighted by atomic mass is 16.3. The third-order valence-electron chi connectivity index (χ3n) is 9.09. The number of carbonyl (C=O) groups excluding carboxylic acids is 3. The van der Waals surface area contributed by atoms with E-state index in [4.69, 9.17) is 12.8 Å². The highest BCUT2D eigenvalue weighted by Crippen LogP contribution is 2.29. The summed E-state index contributed by atoms with van der Waals surface area (Å²) >= 11 is 0. The number of terminal acetylenes is 2. The van der Waals surface area contributed by atoms with Crippen molar-refractivity contribution in [1.82, 2.24) is 20.4 Å². The van der Waals surface area contributed by atoms with Crippen LogP contribution >= 0.6 is 0 Å². The van der Waals surface area contributed by atoms with Crippen molar-refractivity contribution in [1.29, 1.82) is 0 Å². The fourth-order valence-corrected chi connectivity index (χ4v) is 6.08. The van der Waals surface area contributed by atoms with Crippen LogP contribution in [0.15, 0.2) is 30.3 Å². The van der Waals surface area contributed by atoms with Crippen molar-refractivity contribution in [2.75, 3.05) is 34.2 Å². The van der Waals surface area contributed by atoms with Crippen molar-refractivity contribution < 1.29 is 24.6 Å². The van der Waals surface area contributed by atoms with Crippen LogP contribution in [-0.2, 0) is 20.8 Å². The van der Waals surface area contributed by atoms with E-state index >= 15 is 0 Å². The van der Waals surface area contributed by atoms with Gasteiger partial charge in [-0.3, -0.25) is 14.4 Å². The molecule has 2 rings (SSSR count). The molecular weight excluding hydrogens is 580 g/mol. The van der Waals surface area contributed by atoms with Gasteiger partial charge in [0.15, 0.2) is 0 Å². The Balaban J connectivity index is 2.31. The number of benzene rings is 1. The van der Waals surface area contributed by atoms with Gasteiger partial charge in [-0.25, -0.2) is 0 Å². The summed E-state index contributed by atoms with van der Waals surface area (Å²) in [6.45, 7) is 3.05. The lowest BCUT2D eigenvalue weighted by atomic mass is 9.82. The summed E-state index contributed by atoms with van der Waals surface area (Å²) in [5.41, 5.74) is 0.896. The molecule has 0 aromatic heterocycles. The number of carbonyl (C=O) groups is 3. The van der Waals surface area contributed by atoms with Crippen molar-refractivity contribution in [2.45, 2.75) is 102 Å². The molecule has 4 N–H and O–H groups in total. The third-order valence-corrected chi connectivity index (χ3v) is 9.09. The van der Waals surface area contributed by atoms with E-state index in [0.29, 0.717) is 44.7 Å². The molecule has 46 heavy (non-hydrogen) atoms. The number of hydrogen-bond acceptors (Lipinski definition) is 6. The first-order valence-corrected chi connectivity index (χ1v) is 16.8. The van der Waals surface area contributed by atoms with E-state index in [1.807, 2.05) is 56.3 Å². The van der Waals surface area contributed by atoms with Crippen molar-refractivity contribution in [2.24, 2.45) is 17.8 Å². The second kappa shape index (κ2) is 20.7. The minimum atomic E-state index is -1.23. The number of likely N-dealkylation sites (N-methyl/N-ethyl adjacent to an activating group) is 2. The summed E-state index contributed by atoms with van der Waals surface area (Å²) in [4.78, 5) is 44.7. The molecule has 0 aliphatic heterocycles. The molecule has 254 valence electrons. The summed E-state index contributed by atoms with van der Waals surface area (Å²) in [5, 5.41) is 27.8. The normalized spacial score (nSPS) is 17.4. The Morgan fingerprint density at radius 2 is 1.65 bits per heavy atom. The maximum Gasteiger partial charge on any atom is 0.244 e. The zero-order valence-corrected chi connectivity index (χ0v) is 28.3. The number of aliphatic hydroxyl groups excluding tert-OH is 2. The van der Waals surface area contributed by atoms with Gasteiger partial charge in [0.25, 0.3) is 0 Å². The highest BCUT2D eigenvalue weighted by molar-refractivity contribution is 5.91. The van der Waals surface area contributed by atoms with Crippen molar-refractivity contribution in [3.05, 3.63) is 35.9 Å². The molecule has 3 amide bonds. The van der Waals surface area contributed by atoms with Gasteiger partial charge in [-0.05, 0) is 51.3 Å². The van der Waals surface area contributed by atoms with E-state index < -0.39 is 47.9 Å². The summed E-state index contributed by atoms with van der Waals surface area (Å²) in [5.74, 6) is 2.95. The van der Waals surface area contributed by atoms with E-state index in [1.54, 1.807) is 11.9 Å². The number of nitrogens with zero attached hydrogens (tertiary/aromatic N) is 2. The summed E-state index contributed by atoms with van der Waals surface area (Å²) < 4.78 is 0. The third kappa shape index (κ3) is 13.2. The number of hydrogen-bond donors (Lipinski definition) is 4. The van der Waals surface area contributed by atoms with E-state index in [0.717, 1.165) is 37.7 Å². The molecular formula is C37H56N4O5. The van der Waals surface area contributed by atoms with E-state index in [-0.39, 0.29) is 18.7 Å². The van der Waals surface area contributed by atoms with Gasteiger partial charge < -0.3 is 30.6 Å².